The molecule has 0 saturated heterocycles. The summed E-state index contributed by atoms with van der Waals surface area (Å²) in [5.74, 6) is -1.40. The summed E-state index contributed by atoms with van der Waals surface area (Å²) in [6.07, 6.45) is 0. The van der Waals surface area contributed by atoms with Crippen molar-refractivity contribution in [1.82, 2.24) is 4.90 Å². The standard InChI is InChI=1S/C13H17N3O5/c1-8-5-9(21-2)3-4-10(8)15-13(20)16(6-11(14)17)7-12(18)19/h3-5H,6-7H2,1-2H3,(H2,14,17)(H,15,20)(H,18,19). The zero-order valence-electron chi connectivity index (χ0n) is 11.8. The molecule has 0 heterocycles. The summed E-state index contributed by atoms with van der Waals surface area (Å²) in [5.41, 5.74) is 6.22. The van der Waals surface area contributed by atoms with Crippen molar-refractivity contribution < 1.29 is 24.2 Å². The fourth-order valence-electron chi connectivity index (χ4n) is 1.65. The van der Waals surface area contributed by atoms with E-state index in [0.29, 0.717) is 11.4 Å². The number of hydrogen-bond donors (Lipinski definition) is 3. The van der Waals surface area contributed by atoms with E-state index in [1.165, 1.54) is 7.11 Å². The average Bonchev–Trinajstić information content (AvgIpc) is 2.39. The third kappa shape index (κ3) is 5.01. The first-order valence-corrected chi connectivity index (χ1v) is 6.04. The lowest BCUT2D eigenvalue weighted by atomic mass is 10.2. The third-order valence-corrected chi connectivity index (χ3v) is 2.64. The van der Waals surface area contributed by atoms with E-state index in [9.17, 15) is 14.4 Å². The van der Waals surface area contributed by atoms with Crippen molar-refractivity contribution in [1.29, 1.82) is 0 Å². The second kappa shape index (κ2) is 7.13. The number of urea groups is 1. The quantitative estimate of drug-likeness (QED) is 0.701. The van der Waals surface area contributed by atoms with Gasteiger partial charge in [-0.05, 0) is 30.7 Å². The number of carbonyl (C=O) groups is 3. The second-order valence-corrected chi connectivity index (χ2v) is 4.33. The van der Waals surface area contributed by atoms with Crippen LogP contribution in [0.4, 0.5) is 10.5 Å². The molecule has 0 aliphatic rings. The fraction of sp³-hybridized carbons (Fsp3) is 0.308. The minimum absolute atomic E-state index is 0.479. The van der Waals surface area contributed by atoms with Crippen LogP contribution in [-0.2, 0) is 9.59 Å². The molecule has 21 heavy (non-hydrogen) atoms. The number of methoxy groups -OCH3 is 1. The van der Waals surface area contributed by atoms with Crippen molar-refractivity contribution in [3.05, 3.63) is 23.8 Å². The lowest BCUT2D eigenvalue weighted by Gasteiger charge is -2.20. The largest absolute Gasteiger partial charge is 0.497 e. The molecule has 8 nitrogen and oxygen atoms in total. The molecule has 0 atom stereocenters. The maximum atomic E-state index is 12.0. The maximum absolute atomic E-state index is 12.0. The summed E-state index contributed by atoms with van der Waals surface area (Å²) < 4.78 is 5.05. The Bertz CT molecular complexity index is 543. The molecule has 1 rings (SSSR count). The molecule has 4 N–H and O–H groups in total. The number of aryl methyl sites for hydroxylation is 1. The van der Waals surface area contributed by atoms with Gasteiger partial charge in [0.1, 0.15) is 18.8 Å². The number of aliphatic carboxylic acids is 1. The highest BCUT2D eigenvalue weighted by atomic mass is 16.5. The molecule has 1 aromatic carbocycles. The molecular weight excluding hydrogens is 278 g/mol. The molecule has 0 saturated carbocycles. The van der Waals surface area contributed by atoms with Gasteiger partial charge >= 0.3 is 12.0 Å². The molecule has 0 radical (unpaired) electrons. The molecule has 8 heteroatoms. The summed E-state index contributed by atoms with van der Waals surface area (Å²) >= 11 is 0. The molecule has 3 amide bonds. The zero-order chi connectivity index (χ0) is 16.0. The van der Waals surface area contributed by atoms with Gasteiger partial charge in [-0.3, -0.25) is 9.59 Å². The molecule has 0 aliphatic heterocycles. The van der Waals surface area contributed by atoms with E-state index in [1.807, 2.05) is 0 Å². The third-order valence-electron chi connectivity index (χ3n) is 2.64. The summed E-state index contributed by atoms with van der Waals surface area (Å²) in [6, 6.07) is 4.27. The molecule has 1 aromatic rings. The van der Waals surface area contributed by atoms with Crippen LogP contribution in [0, 0.1) is 6.92 Å². The number of carboxylic acid groups (broad SMARTS) is 1. The number of primary amides is 1. The number of carbonyl (C=O) groups excluding carboxylic acids is 2. The van der Waals surface area contributed by atoms with Gasteiger partial charge in [-0.25, -0.2) is 4.79 Å². The predicted molar refractivity (Wildman–Crippen MR) is 75.2 cm³/mol. The van der Waals surface area contributed by atoms with Crippen molar-refractivity contribution in [2.45, 2.75) is 6.92 Å². The van der Waals surface area contributed by atoms with Crippen molar-refractivity contribution in [2.24, 2.45) is 5.73 Å². The number of nitrogens with zero attached hydrogens (tertiary/aromatic N) is 1. The number of benzene rings is 1. The number of ether oxygens (including phenoxy) is 1. The Morgan fingerprint density at radius 2 is 2.00 bits per heavy atom. The SMILES string of the molecule is COc1ccc(NC(=O)N(CC(N)=O)CC(=O)O)c(C)c1. The number of rotatable bonds is 6. The van der Waals surface area contributed by atoms with E-state index in [0.717, 1.165) is 10.5 Å². The molecule has 0 fully saturated rings. The van der Waals surface area contributed by atoms with Gasteiger partial charge < -0.3 is 25.8 Å². The van der Waals surface area contributed by atoms with Crippen molar-refractivity contribution in [3.8, 4) is 5.75 Å². The fourth-order valence-corrected chi connectivity index (χ4v) is 1.65. The van der Waals surface area contributed by atoms with Gasteiger partial charge in [-0.15, -0.1) is 0 Å². The topological polar surface area (TPSA) is 122 Å². The highest BCUT2D eigenvalue weighted by Gasteiger charge is 2.19. The van der Waals surface area contributed by atoms with Crippen LogP contribution in [0.15, 0.2) is 18.2 Å². The van der Waals surface area contributed by atoms with E-state index in [4.69, 9.17) is 15.6 Å². The summed E-state index contributed by atoms with van der Waals surface area (Å²) in [4.78, 5) is 34.4. The van der Waals surface area contributed by atoms with Crippen LogP contribution in [0.3, 0.4) is 0 Å². The van der Waals surface area contributed by atoms with Gasteiger partial charge in [0.15, 0.2) is 0 Å². The van der Waals surface area contributed by atoms with E-state index in [-0.39, 0.29) is 0 Å². The predicted octanol–water partition coefficient (Wildman–Crippen LogP) is 0.407. The highest BCUT2D eigenvalue weighted by molar-refractivity contribution is 5.94. The monoisotopic (exact) mass is 295 g/mol. The maximum Gasteiger partial charge on any atom is 0.323 e. The number of hydrogen-bond acceptors (Lipinski definition) is 4. The molecule has 0 aliphatic carbocycles. The van der Waals surface area contributed by atoms with Crippen LogP contribution in [-0.4, -0.2) is 48.1 Å². The molecule has 0 spiro atoms. The van der Waals surface area contributed by atoms with Crippen LogP contribution in [0.2, 0.25) is 0 Å². The number of nitrogens with one attached hydrogen (secondary N) is 1. The van der Waals surface area contributed by atoms with Crippen LogP contribution in [0.25, 0.3) is 0 Å². The van der Waals surface area contributed by atoms with E-state index in [2.05, 4.69) is 5.32 Å². The first-order chi connectivity index (χ1) is 9.83. The first kappa shape index (κ1) is 16.3. The number of amides is 3. The smallest absolute Gasteiger partial charge is 0.323 e. The van der Waals surface area contributed by atoms with Crippen LogP contribution in [0.5, 0.6) is 5.75 Å². The summed E-state index contributed by atoms with van der Waals surface area (Å²) in [6.45, 7) is 0.658. The summed E-state index contributed by atoms with van der Waals surface area (Å²) in [5, 5.41) is 11.3. The zero-order valence-corrected chi connectivity index (χ0v) is 11.8. The average molecular weight is 295 g/mol. The van der Waals surface area contributed by atoms with Crippen LogP contribution >= 0.6 is 0 Å². The lowest BCUT2D eigenvalue weighted by Crippen LogP contribution is -2.43. The van der Waals surface area contributed by atoms with Gasteiger partial charge in [0, 0.05) is 5.69 Å². The molecule has 0 bridgehead atoms. The Balaban J connectivity index is 2.85. The van der Waals surface area contributed by atoms with E-state index in [1.54, 1.807) is 25.1 Å². The first-order valence-electron chi connectivity index (χ1n) is 6.04. The molecule has 0 aromatic heterocycles. The number of carboxylic acids is 1. The Kier molecular flexibility index (Phi) is 5.53. The Labute approximate surface area is 121 Å². The van der Waals surface area contributed by atoms with E-state index >= 15 is 0 Å². The second-order valence-electron chi connectivity index (χ2n) is 4.33. The van der Waals surface area contributed by atoms with E-state index < -0.39 is 31.0 Å². The van der Waals surface area contributed by atoms with Crippen LogP contribution < -0.4 is 15.8 Å². The van der Waals surface area contributed by atoms with Gasteiger partial charge in [-0.1, -0.05) is 0 Å². The minimum atomic E-state index is -1.24. The highest BCUT2D eigenvalue weighted by Crippen LogP contribution is 2.21. The molecule has 114 valence electrons. The number of nitrogens with two attached hydrogens (primary N) is 1. The Hall–Kier alpha value is -2.77. The molecular formula is C13H17N3O5. The lowest BCUT2D eigenvalue weighted by molar-refractivity contribution is -0.137. The van der Waals surface area contributed by atoms with Gasteiger partial charge in [0.05, 0.1) is 7.11 Å². The van der Waals surface area contributed by atoms with Crippen molar-refractivity contribution in [2.75, 3.05) is 25.5 Å². The Morgan fingerprint density at radius 3 is 2.48 bits per heavy atom. The normalized spacial score (nSPS) is 9.81. The van der Waals surface area contributed by atoms with Crippen LogP contribution in [0.1, 0.15) is 5.56 Å². The molecule has 0 unspecified atom stereocenters. The van der Waals surface area contributed by atoms with Gasteiger partial charge in [-0.2, -0.15) is 0 Å². The summed E-state index contributed by atoms with van der Waals surface area (Å²) in [7, 11) is 1.52. The van der Waals surface area contributed by atoms with Crippen molar-refractivity contribution in [3.63, 3.8) is 0 Å². The van der Waals surface area contributed by atoms with Gasteiger partial charge in [0.25, 0.3) is 0 Å². The number of anilines is 1. The Morgan fingerprint density at radius 1 is 1.33 bits per heavy atom. The minimum Gasteiger partial charge on any atom is -0.497 e. The van der Waals surface area contributed by atoms with Gasteiger partial charge in [0.2, 0.25) is 5.91 Å². The van der Waals surface area contributed by atoms with Crippen molar-refractivity contribution >= 4 is 23.6 Å².